The number of anilines is 1. The van der Waals surface area contributed by atoms with Crippen LogP contribution in [0.4, 0.5) is 5.82 Å². The lowest BCUT2D eigenvalue weighted by Crippen LogP contribution is -2.36. The minimum Gasteiger partial charge on any atom is -0.357 e. The van der Waals surface area contributed by atoms with Crippen LogP contribution in [-0.2, 0) is 0 Å². The van der Waals surface area contributed by atoms with Crippen molar-refractivity contribution in [1.82, 2.24) is 15.3 Å². The van der Waals surface area contributed by atoms with Gasteiger partial charge in [0.25, 0.3) is 0 Å². The predicted molar refractivity (Wildman–Crippen MR) is 79.6 cm³/mol. The molecule has 0 aromatic carbocycles. The molecule has 0 radical (unpaired) electrons. The van der Waals surface area contributed by atoms with Gasteiger partial charge in [-0.15, -0.1) is 0 Å². The van der Waals surface area contributed by atoms with E-state index in [2.05, 4.69) is 47.0 Å². The van der Waals surface area contributed by atoms with Crippen molar-refractivity contribution in [2.24, 2.45) is 5.92 Å². The Morgan fingerprint density at radius 3 is 2.68 bits per heavy atom. The normalized spacial score (nSPS) is 16.8. The molecule has 19 heavy (non-hydrogen) atoms. The van der Waals surface area contributed by atoms with Crippen LogP contribution in [0.3, 0.4) is 0 Å². The molecule has 106 valence electrons. The summed E-state index contributed by atoms with van der Waals surface area (Å²) in [7, 11) is 0. The Bertz CT molecular complexity index is 385. The second-order valence-electron chi connectivity index (χ2n) is 5.69. The maximum absolute atomic E-state index is 4.46. The van der Waals surface area contributed by atoms with E-state index >= 15 is 0 Å². The van der Waals surface area contributed by atoms with Crippen molar-refractivity contribution in [2.75, 3.05) is 31.1 Å². The average Bonchev–Trinajstić information content (AvgIpc) is 2.46. The summed E-state index contributed by atoms with van der Waals surface area (Å²) in [5.74, 6) is 2.33. The molecule has 1 N–H and O–H groups in total. The van der Waals surface area contributed by atoms with Crippen LogP contribution in [0.2, 0.25) is 0 Å². The van der Waals surface area contributed by atoms with Gasteiger partial charge in [-0.05, 0) is 44.7 Å². The third kappa shape index (κ3) is 3.90. The first-order chi connectivity index (χ1) is 9.20. The monoisotopic (exact) mass is 262 g/mol. The number of aromatic nitrogens is 2. The van der Waals surface area contributed by atoms with E-state index in [-0.39, 0.29) is 0 Å². The number of nitrogens with one attached hydrogen (secondary N) is 1. The summed E-state index contributed by atoms with van der Waals surface area (Å²) in [6.45, 7) is 11.0. The number of hydrogen-bond acceptors (Lipinski definition) is 4. The van der Waals surface area contributed by atoms with Crippen LogP contribution >= 0.6 is 0 Å². The highest BCUT2D eigenvalue weighted by molar-refractivity contribution is 5.39. The van der Waals surface area contributed by atoms with Crippen molar-refractivity contribution in [3.05, 3.63) is 18.1 Å². The standard InChI is InChI=1S/C15H26N4/c1-4-19(10-13-5-7-16-8-6-13)15-9-14(12(2)3)17-11-18-15/h9,11-13,16H,4-8,10H2,1-3H3. The maximum atomic E-state index is 4.46. The molecule has 4 heteroatoms. The van der Waals surface area contributed by atoms with E-state index in [1.807, 2.05) is 0 Å². The summed E-state index contributed by atoms with van der Waals surface area (Å²) in [6, 6.07) is 2.15. The summed E-state index contributed by atoms with van der Waals surface area (Å²) in [5, 5.41) is 3.43. The third-order valence-electron chi connectivity index (χ3n) is 3.91. The molecule has 1 fully saturated rings. The first kappa shape index (κ1) is 14.3. The Hall–Kier alpha value is -1.16. The summed E-state index contributed by atoms with van der Waals surface area (Å²) in [4.78, 5) is 11.2. The molecule has 0 saturated carbocycles. The van der Waals surface area contributed by atoms with E-state index in [1.54, 1.807) is 6.33 Å². The molecule has 0 bridgehead atoms. The van der Waals surface area contributed by atoms with Gasteiger partial charge in [-0.3, -0.25) is 0 Å². The molecule has 0 atom stereocenters. The summed E-state index contributed by atoms with van der Waals surface area (Å²) < 4.78 is 0. The van der Waals surface area contributed by atoms with E-state index in [9.17, 15) is 0 Å². The topological polar surface area (TPSA) is 41.0 Å². The quantitative estimate of drug-likeness (QED) is 0.885. The van der Waals surface area contributed by atoms with Crippen LogP contribution in [0.1, 0.15) is 45.2 Å². The molecule has 2 heterocycles. The zero-order valence-electron chi connectivity index (χ0n) is 12.4. The van der Waals surface area contributed by atoms with Crippen molar-refractivity contribution in [1.29, 1.82) is 0 Å². The zero-order chi connectivity index (χ0) is 13.7. The van der Waals surface area contributed by atoms with E-state index in [0.717, 1.165) is 43.6 Å². The second-order valence-corrected chi connectivity index (χ2v) is 5.69. The zero-order valence-corrected chi connectivity index (χ0v) is 12.4. The fourth-order valence-corrected chi connectivity index (χ4v) is 2.61. The lowest BCUT2D eigenvalue weighted by molar-refractivity contribution is 0.374. The van der Waals surface area contributed by atoms with Crippen LogP contribution in [0.5, 0.6) is 0 Å². The molecule has 1 aromatic heterocycles. The molecular weight excluding hydrogens is 236 g/mol. The van der Waals surface area contributed by atoms with Gasteiger partial charge in [0.2, 0.25) is 0 Å². The Balaban J connectivity index is 2.05. The van der Waals surface area contributed by atoms with Gasteiger partial charge >= 0.3 is 0 Å². The lowest BCUT2D eigenvalue weighted by Gasteiger charge is -2.30. The molecule has 1 saturated heterocycles. The van der Waals surface area contributed by atoms with E-state index in [4.69, 9.17) is 0 Å². The van der Waals surface area contributed by atoms with Crippen molar-refractivity contribution in [3.8, 4) is 0 Å². The Kier molecular flexibility index (Phi) is 5.14. The first-order valence-corrected chi connectivity index (χ1v) is 7.48. The van der Waals surface area contributed by atoms with Crippen LogP contribution < -0.4 is 10.2 Å². The highest BCUT2D eigenvalue weighted by atomic mass is 15.2. The minimum absolute atomic E-state index is 0.458. The molecular formula is C15H26N4. The Morgan fingerprint density at radius 1 is 1.32 bits per heavy atom. The lowest BCUT2D eigenvalue weighted by atomic mass is 9.97. The highest BCUT2D eigenvalue weighted by Gasteiger charge is 2.17. The number of nitrogens with zero attached hydrogens (tertiary/aromatic N) is 3. The van der Waals surface area contributed by atoms with Crippen LogP contribution in [-0.4, -0.2) is 36.1 Å². The molecule has 0 spiro atoms. The summed E-state index contributed by atoms with van der Waals surface area (Å²) in [6.07, 6.45) is 4.26. The van der Waals surface area contributed by atoms with Crippen molar-refractivity contribution < 1.29 is 0 Å². The predicted octanol–water partition coefficient (Wildman–Crippen LogP) is 2.43. The number of rotatable bonds is 5. The van der Waals surface area contributed by atoms with Gasteiger partial charge in [0.1, 0.15) is 12.1 Å². The number of hydrogen-bond donors (Lipinski definition) is 1. The SMILES string of the molecule is CCN(CC1CCNCC1)c1cc(C(C)C)ncn1. The largest absolute Gasteiger partial charge is 0.357 e. The Labute approximate surface area is 116 Å². The van der Waals surface area contributed by atoms with Gasteiger partial charge in [-0.1, -0.05) is 13.8 Å². The molecule has 0 amide bonds. The summed E-state index contributed by atoms with van der Waals surface area (Å²) >= 11 is 0. The molecule has 0 aliphatic carbocycles. The molecule has 1 aromatic rings. The van der Waals surface area contributed by atoms with E-state index < -0.39 is 0 Å². The van der Waals surface area contributed by atoms with Gasteiger partial charge < -0.3 is 10.2 Å². The maximum Gasteiger partial charge on any atom is 0.132 e. The number of piperidine rings is 1. The van der Waals surface area contributed by atoms with Gasteiger partial charge in [-0.2, -0.15) is 0 Å². The second kappa shape index (κ2) is 6.85. The van der Waals surface area contributed by atoms with Gasteiger partial charge in [-0.25, -0.2) is 9.97 Å². The molecule has 1 aliphatic heterocycles. The fraction of sp³-hybridized carbons (Fsp3) is 0.733. The molecule has 4 nitrogen and oxygen atoms in total. The third-order valence-corrected chi connectivity index (χ3v) is 3.91. The van der Waals surface area contributed by atoms with Crippen molar-refractivity contribution in [3.63, 3.8) is 0 Å². The van der Waals surface area contributed by atoms with Crippen molar-refractivity contribution >= 4 is 5.82 Å². The highest BCUT2D eigenvalue weighted by Crippen LogP contribution is 2.20. The van der Waals surface area contributed by atoms with E-state index in [0.29, 0.717) is 5.92 Å². The van der Waals surface area contributed by atoms with Gasteiger partial charge in [0, 0.05) is 24.8 Å². The first-order valence-electron chi connectivity index (χ1n) is 7.48. The molecule has 2 rings (SSSR count). The van der Waals surface area contributed by atoms with Crippen LogP contribution in [0, 0.1) is 5.92 Å². The molecule has 0 unspecified atom stereocenters. The van der Waals surface area contributed by atoms with Crippen molar-refractivity contribution in [2.45, 2.75) is 39.5 Å². The van der Waals surface area contributed by atoms with Crippen LogP contribution in [0.15, 0.2) is 12.4 Å². The van der Waals surface area contributed by atoms with Gasteiger partial charge in [0.05, 0.1) is 0 Å². The van der Waals surface area contributed by atoms with Gasteiger partial charge in [0.15, 0.2) is 0 Å². The van der Waals surface area contributed by atoms with Crippen LogP contribution in [0.25, 0.3) is 0 Å². The smallest absolute Gasteiger partial charge is 0.132 e. The van der Waals surface area contributed by atoms with E-state index in [1.165, 1.54) is 12.8 Å². The molecule has 1 aliphatic rings. The average molecular weight is 262 g/mol. The Morgan fingerprint density at radius 2 is 2.05 bits per heavy atom. The minimum atomic E-state index is 0.458. The fourth-order valence-electron chi connectivity index (χ4n) is 2.61. The summed E-state index contributed by atoms with van der Waals surface area (Å²) in [5.41, 5.74) is 1.13.